The molecule has 122 valence electrons. The van der Waals surface area contributed by atoms with Crippen molar-refractivity contribution in [2.24, 2.45) is 0 Å². The summed E-state index contributed by atoms with van der Waals surface area (Å²) in [6.07, 6.45) is 0.551. The van der Waals surface area contributed by atoms with Crippen LogP contribution in [0.25, 0.3) is 0 Å². The second-order valence-corrected chi connectivity index (χ2v) is 5.33. The van der Waals surface area contributed by atoms with Gasteiger partial charge in [0.1, 0.15) is 6.54 Å². The number of amides is 5. The molecule has 0 unspecified atom stereocenters. The highest BCUT2D eigenvalue weighted by molar-refractivity contribution is 6.45. The van der Waals surface area contributed by atoms with Gasteiger partial charge in [0, 0.05) is 6.54 Å². The molecule has 23 heavy (non-hydrogen) atoms. The van der Waals surface area contributed by atoms with Gasteiger partial charge in [-0.15, -0.1) is 0 Å². The average Bonchev–Trinajstić information content (AvgIpc) is 2.74. The second-order valence-electron chi connectivity index (χ2n) is 5.33. The van der Waals surface area contributed by atoms with E-state index in [2.05, 4.69) is 5.32 Å². The van der Waals surface area contributed by atoms with Crippen molar-refractivity contribution in [3.05, 3.63) is 35.9 Å². The third-order valence-electron chi connectivity index (χ3n) is 3.56. The number of benzene rings is 1. The van der Waals surface area contributed by atoms with Crippen LogP contribution in [0.15, 0.2) is 30.3 Å². The van der Waals surface area contributed by atoms with Crippen molar-refractivity contribution in [2.75, 3.05) is 13.1 Å². The SMILES string of the molecule is CCCN1C(=O)C(=O)N(CC(=O)N[C@@H](C)c2ccccc2)C1=O. The third-order valence-corrected chi connectivity index (χ3v) is 3.56. The highest BCUT2D eigenvalue weighted by Crippen LogP contribution is 2.14. The molecule has 0 aromatic heterocycles. The number of hydrogen-bond acceptors (Lipinski definition) is 4. The largest absolute Gasteiger partial charge is 0.348 e. The van der Waals surface area contributed by atoms with Gasteiger partial charge in [-0.1, -0.05) is 37.3 Å². The Hall–Kier alpha value is -2.70. The first kappa shape index (κ1) is 16.7. The van der Waals surface area contributed by atoms with Crippen molar-refractivity contribution >= 4 is 23.8 Å². The van der Waals surface area contributed by atoms with Gasteiger partial charge in [-0.25, -0.2) is 9.69 Å². The quantitative estimate of drug-likeness (QED) is 0.628. The van der Waals surface area contributed by atoms with E-state index in [1.807, 2.05) is 30.3 Å². The van der Waals surface area contributed by atoms with Crippen LogP contribution in [0.2, 0.25) is 0 Å². The number of nitrogens with one attached hydrogen (secondary N) is 1. The van der Waals surface area contributed by atoms with Crippen LogP contribution in [0.4, 0.5) is 4.79 Å². The normalized spacial score (nSPS) is 16.0. The van der Waals surface area contributed by atoms with Crippen molar-refractivity contribution in [1.29, 1.82) is 0 Å². The number of carbonyl (C=O) groups excluding carboxylic acids is 4. The summed E-state index contributed by atoms with van der Waals surface area (Å²) in [6.45, 7) is 3.31. The van der Waals surface area contributed by atoms with E-state index in [0.717, 1.165) is 10.5 Å². The van der Waals surface area contributed by atoms with Gasteiger partial charge < -0.3 is 5.32 Å². The van der Waals surface area contributed by atoms with E-state index in [1.165, 1.54) is 0 Å². The molecule has 1 saturated heterocycles. The molecule has 1 fully saturated rings. The van der Waals surface area contributed by atoms with Gasteiger partial charge in [0.05, 0.1) is 6.04 Å². The number of hydrogen-bond donors (Lipinski definition) is 1. The van der Waals surface area contributed by atoms with Crippen LogP contribution in [0.5, 0.6) is 0 Å². The minimum absolute atomic E-state index is 0.169. The highest BCUT2D eigenvalue weighted by Gasteiger charge is 2.44. The molecule has 2 rings (SSSR count). The summed E-state index contributed by atoms with van der Waals surface area (Å²) in [6, 6.07) is 8.31. The summed E-state index contributed by atoms with van der Waals surface area (Å²) < 4.78 is 0. The molecule has 7 nitrogen and oxygen atoms in total. The van der Waals surface area contributed by atoms with E-state index in [-0.39, 0.29) is 12.6 Å². The Morgan fingerprint density at radius 2 is 1.70 bits per heavy atom. The molecule has 0 radical (unpaired) electrons. The van der Waals surface area contributed by atoms with Crippen molar-refractivity contribution in [2.45, 2.75) is 26.3 Å². The Kier molecular flexibility index (Phi) is 5.10. The van der Waals surface area contributed by atoms with Crippen LogP contribution < -0.4 is 5.32 Å². The summed E-state index contributed by atoms with van der Waals surface area (Å²) in [4.78, 5) is 49.2. The fraction of sp³-hybridized carbons (Fsp3) is 0.375. The van der Waals surface area contributed by atoms with E-state index in [0.29, 0.717) is 11.3 Å². The number of urea groups is 1. The van der Waals surface area contributed by atoms with Crippen LogP contribution in [0, 0.1) is 0 Å². The maximum Gasteiger partial charge on any atom is 0.334 e. The molecule has 0 aliphatic carbocycles. The van der Waals surface area contributed by atoms with Gasteiger partial charge in [-0.3, -0.25) is 19.3 Å². The Morgan fingerprint density at radius 3 is 2.30 bits per heavy atom. The Morgan fingerprint density at radius 1 is 1.09 bits per heavy atom. The third kappa shape index (κ3) is 3.56. The lowest BCUT2D eigenvalue weighted by molar-refractivity contribution is -0.144. The molecule has 1 aromatic rings. The van der Waals surface area contributed by atoms with Gasteiger partial charge in [-0.2, -0.15) is 0 Å². The van der Waals surface area contributed by atoms with Gasteiger partial charge in [0.25, 0.3) is 0 Å². The number of imide groups is 2. The molecule has 0 spiro atoms. The Bertz CT molecular complexity index is 629. The zero-order valence-electron chi connectivity index (χ0n) is 13.1. The molecule has 1 atom stereocenters. The zero-order chi connectivity index (χ0) is 17.0. The average molecular weight is 317 g/mol. The predicted molar refractivity (Wildman–Crippen MR) is 82.1 cm³/mol. The molecule has 1 aliphatic heterocycles. The smallest absolute Gasteiger partial charge is 0.334 e. The van der Waals surface area contributed by atoms with Crippen molar-refractivity contribution in [3.63, 3.8) is 0 Å². The fourth-order valence-electron chi connectivity index (χ4n) is 2.37. The fourth-order valence-corrected chi connectivity index (χ4v) is 2.37. The van der Waals surface area contributed by atoms with Gasteiger partial charge >= 0.3 is 17.8 Å². The van der Waals surface area contributed by atoms with Crippen molar-refractivity contribution in [1.82, 2.24) is 15.1 Å². The molecule has 0 bridgehead atoms. The van der Waals surface area contributed by atoms with Gasteiger partial charge in [0.2, 0.25) is 5.91 Å². The molecular formula is C16H19N3O4. The van der Waals surface area contributed by atoms with Crippen molar-refractivity contribution in [3.8, 4) is 0 Å². The number of rotatable bonds is 6. The van der Waals surface area contributed by atoms with E-state index in [9.17, 15) is 19.2 Å². The summed E-state index contributed by atoms with van der Waals surface area (Å²) in [5.41, 5.74) is 0.906. The van der Waals surface area contributed by atoms with Gasteiger partial charge in [0.15, 0.2) is 0 Å². The lowest BCUT2D eigenvalue weighted by Gasteiger charge is -2.17. The van der Waals surface area contributed by atoms with E-state index < -0.39 is 30.3 Å². The molecule has 0 saturated carbocycles. The summed E-state index contributed by atoms with van der Waals surface area (Å²) in [7, 11) is 0. The van der Waals surface area contributed by atoms with Gasteiger partial charge in [-0.05, 0) is 18.9 Å². The topological polar surface area (TPSA) is 86.8 Å². The first-order chi connectivity index (χ1) is 11.0. The van der Waals surface area contributed by atoms with Crippen LogP contribution in [0.1, 0.15) is 31.9 Å². The van der Waals surface area contributed by atoms with E-state index in [1.54, 1.807) is 13.8 Å². The van der Waals surface area contributed by atoms with Crippen LogP contribution >= 0.6 is 0 Å². The molecule has 5 amide bonds. The highest BCUT2D eigenvalue weighted by atomic mass is 16.2. The minimum atomic E-state index is -0.953. The maximum absolute atomic E-state index is 12.1. The second kappa shape index (κ2) is 7.04. The zero-order valence-corrected chi connectivity index (χ0v) is 13.1. The van der Waals surface area contributed by atoms with Crippen molar-refractivity contribution < 1.29 is 19.2 Å². The van der Waals surface area contributed by atoms with E-state index in [4.69, 9.17) is 0 Å². The lowest BCUT2D eigenvalue weighted by Crippen LogP contribution is -2.42. The lowest BCUT2D eigenvalue weighted by atomic mass is 10.1. The number of carbonyl (C=O) groups is 4. The molecule has 1 heterocycles. The standard InChI is InChI=1S/C16H19N3O4/c1-3-9-18-14(21)15(22)19(16(18)23)10-13(20)17-11(2)12-7-5-4-6-8-12/h4-8,11H,3,9-10H2,1-2H3,(H,17,20)/t11-/m0/s1. The summed E-state index contributed by atoms with van der Waals surface area (Å²) >= 11 is 0. The van der Waals surface area contributed by atoms with Crippen LogP contribution in [-0.2, 0) is 14.4 Å². The predicted octanol–water partition coefficient (Wildman–Crippen LogP) is 1.06. The molecular weight excluding hydrogens is 298 g/mol. The number of nitrogens with zero attached hydrogens (tertiary/aromatic N) is 2. The Labute approximate surface area is 134 Å². The van der Waals surface area contributed by atoms with E-state index >= 15 is 0 Å². The maximum atomic E-state index is 12.1. The van der Waals surface area contributed by atoms with Crippen LogP contribution in [0.3, 0.4) is 0 Å². The van der Waals surface area contributed by atoms with Crippen LogP contribution in [-0.4, -0.2) is 46.6 Å². The first-order valence-corrected chi connectivity index (χ1v) is 7.47. The summed E-state index contributed by atoms with van der Waals surface area (Å²) in [5.74, 6) is -2.32. The molecule has 1 N–H and O–H groups in total. The molecule has 7 heteroatoms. The molecule has 1 aliphatic rings. The Balaban J connectivity index is 1.99. The summed E-state index contributed by atoms with van der Waals surface area (Å²) in [5, 5.41) is 2.71. The molecule has 1 aromatic carbocycles. The minimum Gasteiger partial charge on any atom is -0.348 e. The first-order valence-electron chi connectivity index (χ1n) is 7.47. The monoisotopic (exact) mass is 317 g/mol.